The van der Waals surface area contributed by atoms with Crippen LogP contribution < -0.4 is 0 Å². The van der Waals surface area contributed by atoms with Crippen molar-refractivity contribution >= 4 is 12.1 Å². The van der Waals surface area contributed by atoms with Crippen molar-refractivity contribution in [2.45, 2.75) is 32.3 Å². The number of piperidine rings is 1. The molecule has 2 fully saturated rings. The lowest BCUT2D eigenvalue weighted by molar-refractivity contribution is 0.0844. The van der Waals surface area contributed by atoms with Crippen LogP contribution in [0, 0.1) is 16.2 Å². The Bertz CT molecular complexity index is 269. The van der Waals surface area contributed by atoms with Crippen molar-refractivity contribution in [2.24, 2.45) is 5.41 Å². The third kappa shape index (κ3) is 2.04. The van der Waals surface area contributed by atoms with E-state index < -0.39 is 0 Å². The van der Waals surface area contributed by atoms with Crippen molar-refractivity contribution in [3.8, 4) is 0 Å². The Kier molecular flexibility index (Phi) is 2.78. The van der Waals surface area contributed by atoms with Crippen molar-refractivity contribution in [1.29, 1.82) is 10.8 Å². The summed E-state index contributed by atoms with van der Waals surface area (Å²) in [6, 6.07) is 0. The highest BCUT2D eigenvalue weighted by Gasteiger charge is 2.41. The number of ether oxygens (including phenoxy) is 1. The quantitative estimate of drug-likeness (QED) is 0.508. The number of likely N-dealkylation sites (tertiary alicyclic amines) is 1. The number of hydrogen-bond acceptors (Lipinski definition) is 3. The molecule has 2 saturated heterocycles. The van der Waals surface area contributed by atoms with Gasteiger partial charge in [-0.1, -0.05) is 0 Å². The van der Waals surface area contributed by atoms with Crippen LogP contribution in [0.2, 0.25) is 0 Å². The van der Waals surface area contributed by atoms with Crippen LogP contribution in [0.15, 0.2) is 0 Å². The summed E-state index contributed by atoms with van der Waals surface area (Å²) in [7, 11) is 0. The van der Waals surface area contributed by atoms with Crippen LogP contribution >= 0.6 is 0 Å². The molecule has 1 atom stereocenters. The van der Waals surface area contributed by atoms with Gasteiger partial charge in [-0.05, 0) is 31.6 Å². The van der Waals surface area contributed by atoms with Gasteiger partial charge in [0, 0.05) is 13.1 Å². The van der Waals surface area contributed by atoms with Gasteiger partial charge in [0.2, 0.25) is 0 Å². The lowest BCUT2D eigenvalue weighted by atomic mass is 9.77. The van der Waals surface area contributed by atoms with E-state index in [1.165, 1.54) is 6.42 Å². The molecule has 1 spiro atoms. The largest absolute Gasteiger partial charge is 0.378 e. The summed E-state index contributed by atoms with van der Waals surface area (Å²) >= 11 is 0. The number of nitrogens with zero attached hydrogens (tertiary/aromatic N) is 1. The topological polar surface area (TPSA) is 60.2 Å². The van der Waals surface area contributed by atoms with E-state index in [1.54, 1.807) is 0 Å². The molecule has 4 nitrogen and oxygen atoms in total. The SMILES string of the molecule is C[C@H]1CC2(CCN(C(=N)C=N)CC2)CO1. The second-order valence-corrected chi connectivity index (χ2v) is 4.84. The molecular formula is C11H19N3O. The molecular weight excluding hydrogens is 190 g/mol. The van der Waals surface area contributed by atoms with Gasteiger partial charge < -0.3 is 15.0 Å². The minimum Gasteiger partial charge on any atom is -0.378 e. The molecule has 4 heteroatoms. The third-order valence-electron chi connectivity index (χ3n) is 3.70. The van der Waals surface area contributed by atoms with Gasteiger partial charge in [0.1, 0.15) is 5.84 Å². The Hall–Kier alpha value is -0.900. The number of rotatable bonds is 1. The molecule has 15 heavy (non-hydrogen) atoms. The van der Waals surface area contributed by atoms with Crippen molar-refractivity contribution < 1.29 is 4.74 Å². The van der Waals surface area contributed by atoms with Crippen LogP contribution in [0.25, 0.3) is 0 Å². The molecule has 2 aliphatic heterocycles. The highest BCUT2D eigenvalue weighted by atomic mass is 16.5. The molecule has 2 rings (SSSR count). The van der Waals surface area contributed by atoms with Gasteiger partial charge in [-0.3, -0.25) is 5.41 Å². The summed E-state index contributed by atoms with van der Waals surface area (Å²) < 4.78 is 5.65. The van der Waals surface area contributed by atoms with Gasteiger partial charge in [-0.15, -0.1) is 0 Å². The predicted octanol–water partition coefficient (Wildman–Crippen LogP) is 1.50. The average molecular weight is 209 g/mol. The Morgan fingerprint density at radius 2 is 2.13 bits per heavy atom. The highest BCUT2D eigenvalue weighted by molar-refractivity contribution is 6.26. The molecule has 0 aromatic heterocycles. The fourth-order valence-electron chi connectivity index (χ4n) is 2.71. The number of amidine groups is 1. The number of hydrogen-bond donors (Lipinski definition) is 2. The summed E-state index contributed by atoms with van der Waals surface area (Å²) in [4.78, 5) is 1.99. The second-order valence-electron chi connectivity index (χ2n) is 4.84. The first-order chi connectivity index (χ1) is 7.15. The van der Waals surface area contributed by atoms with E-state index >= 15 is 0 Å². The Balaban J connectivity index is 1.92. The lowest BCUT2D eigenvalue weighted by Crippen LogP contribution is -2.43. The molecule has 0 unspecified atom stereocenters. The zero-order chi connectivity index (χ0) is 10.9. The normalized spacial score (nSPS) is 29.4. The van der Waals surface area contributed by atoms with Crippen LogP contribution in [-0.2, 0) is 4.74 Å². The van der Waals surface area contributed by atoms with Gasteiger partial charge in [-0.25, -0.2) is 0 Å². The number of nitrogens with one attached hydrogen (secondary N) is 2. The molecule has 84 valence electrons. The second kappa shape index (κ2) is 3.93. The van der Waals surface area contributed by atoms with E-state index in [4.69, 9.17) is 15.6 Å². The van der Waals surface area contributed by atoms with Crippen LogP contribution in [0.5, 0.6) is 0 Å². The predicted molar refractivity (Wildman–Crippen MR) is 59.8 cm³/mol. The highest BCUT2D eigenvalue weighted by Crippen LogP contribution is 2.41. The Morgan fingerprint density at radius 1 is 1.47 bits per heavy atom. The molecule has 2 heterocycles. The molecule has 0 aromatic carbocycles. The van der Waals surface area contributed by atoms with Gasteiger partial charge in [0.05, 0.1) is 18.9 Å². The summed E-state index contributed by atoms with van der Waals surface area (Å²) in [5.74, 6) is 0.344. The zero-order valence-corrected chi connectivity index (χ0v) is 9.25. The summed E-state index contributed by atoms with van der Waals surface area (Å²) in [5.41, 5.74) is 0.373. The van der Waals surface area contributed by atoms with Crippen LogP contribution in [0.4, 0.5) is 0 Å². The minimum absolute atomic E-state index is 0.344. The molecule has 0 aliphatic carbocycles. The Morgan fingerprint density at radius 3 is 2.60 bits per heavy atom. The van der Waals surface area contributed by atoms with Crippen LogP contribution in [0.1, 0.15) is 26.2 Å². The van der Waals surface area contributed by atoms with Crippen molar-refractivity contribution in [2.75, 3.05) is 19.7 Å². The first-order valence-electron chi connectivity index (χ1n) is 5.61. The van der Waals surface area contributed by atoms with E-state index in [0.29, 0.717) is 17.4 Å². The van der Waals surface area contributed by atoms with E-state index in [-0.39, 0.29) is 0 Å². The van der Waals surface area contributed by atoms with Crippen LogP contribution in [-0.4, -0.2) is 42.8 Å². The van der Waals surface area contributed by atoms with E-state index in [2.05, 4.69) is 6.92 Å². The summed E-state index contributed by atoms with van der Waals surface area (Å²) in [5, 5.41) is 14.6. The molecule has 0 radical (unpaired) electrons. The zero-order valence-electron chi connectivity index (χ0n) is 9.25. The van der Waals surface area contributed by atoms with Crippen molar-refractivity contribution in [3.63, 3.8) is 0 Å². The summed E-state index contributed by atoms with van der Waals surface area (Å²) in [6.45, 7) is 4.84. The van der Waals surface area contributed by atoms with Crippen molar-refractivity contribution in [3.05, 3.63) is 0 Å². The first-order valence-corrected chi connectivity index (χ1v) is 5.61. The maximum Gasteiger partial charge on any atom is 0.138 e. The summed E-state index contributed by atoms with van der Waals surface area (Å²) in [6.07, 6.45) is 4.91. The van der Waals surface area contributed by atoms with Crippen LogP contribution in [0.3, 0.4) is 0 Å². The standard InChI is InChI=1S/C11H19N3O/c1-9-6-11(8-15-9)2-4-14(5-3-11)10(13)7-12/h7,9,12-13H,2-6,8H2,1H3/t9-/m0/s1. The average Bonchev–Trinajstić information content (AvgIpc) is 2.60. The fraction of sp³-hybridized carbons (Fsp3) is 0.818. The maximum atomic E-state index is 7.58. The van der Waals surface area contributed by atoms with Gasteiger partial charge in [-0.2, -0.15) is 0 Å². The molecule has 2 aliphatic rings. The fourth-order valence-corrected chi connectivity index (χ4v) is 2.71. The first kappa shape index (κ1) is 10.6. The molecule has 0 amide bonds. The molecule has 2 N–H and O–H groups in total. The maximum absolute atomic E-state index is 7.58. The molecule has 0 saturated carbocycles. The van der Waals surface area contributed by atoms with E-state index in [9.17, 15) is 0 Å². The monoisotopic (exact) mass is 209 g/mol. The van der Waals surface area contributed by atoms with Gasteiger partial charge in [0.25, 0.3) is 0 Å². The van der Waals surface area contributed by atoms with Crippen molar-refractivity contribution in [1.82, 2.24) is 4.90 Å². The lowest BCUT2D eigenvalue weighted by Gasteiger charge is -2.38. The third-order valence-corrected chi connectivity index (χ3v) is 3.70. The van der Waals surface area contributed by atoms with Gasteiger partial charge >= 0.3 is 0 Å². The van der Waals surface area contributed by atoms with E-state index in [0.717, 1.165) is 38.8 Å². The minimum atomic E-state index is 0.344. The molecule has 0 bridgehead atoms. The van der Waals surface area contributed by atoms with Gasteiger partial charge in [0.15, 0.2) is 0 Å². The van der Waals surface area contributed by atoms with E-state index in [1.807, 2.05) is 4.90 Å². The smallest absolute Gasteiger partial charge is 0.138 e. The Labute approximate surface area is 90.6 Å². The molecule has 0 aromatic rings.